The zero-order valence-electron chi connectivity index (χ0n) is 47.4. The van der Waals surface area contributed by atoms with Gasteiger partial charge in [0.2, 0.25) is 0 Å². The average Bonchev–Trinajstić information content (AvgIpc) is 3.38. The smallest absolute Gasteiger partial charge is 0.397 e. The maximum Gasteiger partial charge on any atom is 0.397 e. The SMILES string of the molecule is CCCCCCC/C=C\C/C=C\CCCCCCCCCCCCOCC(COC1OC(CO)C(O)C(OS(=O)(=O)O)C1O)OC(=O)CCCCCCCCCCCCCCC/C=C\CCCCCCCCCC. The Bertz CT molecular complexity index is 1420. The number of esters is 1. The van der Waals surface area contributed by atoms with Gasteiger partial charge in [-0.3, -0.25) is 9.35 Å². The first-order valence-electron chi connectivity index (χ1n) is 30.7. The number of carbonyl (C=O) groups is 1. The average molecular weight is 1070 g/mol. The minimum atomic E-state index is -5.07. The molecule has 0 aromatic heterocycles. The highest BCUT2D eigenvalue weighted by Crippen LogP contribution is 2.26. The summed E-state index contributed by atoms with van der Waals surface area (Å²) in [7, 11) is -5.07. The first-order chi connectivity index (χ1) is 36.1. The summed E-state index contributed by atoms with van der Waals surface area (Å²) in [4.78, 5) is 13.0. The van der Waals surface area contributed by atoms with Crippen molar-refractivity contribution in [1.82, 2.24) is 0 Å². The molecule has 436 valence electrons. The number of ether oxygens (including phenoxy) is 4. The molecular weight excluding hydrogens is 957 g/mol. The van der Waals surface area contributed by atoms with Crippen LogP contribution in [0.15, 0.2) is 36.5 Å². The van der Waals surface area contributed by atoms with Crippen LogP contribution in [0.2, 0.25) is 0 Å². The summed E-state index contributed by atoms with van der Waals surface area (Å²) in [5, 5.41) is 30.9. The lowest BCUT2D eigenvalue weighted by Gasteiger charge is -2.41. The van der Waals surface area contributed by atoms with Gasteiger partial charge in [0, 0.05) is 13.0 Å². The lowest BCUT2D eigenvalue weighted by atomic mass is 9.99. The summed E-state index contributed by atoms with van der Waals surface area (Å²) in [5.41, 5.74) is 0. The van der Waals surface area contributed by atoms with Crippen molar-refractivity contribution in [2.45, 2.75) is 320 Å². The van der Waals surface area contributed by atoms with Crippen LogP contribution in [0, 0.1) is 0 Å². The van der Waals surface area contributed by atoms with Crippen molar-refractivity contribution < 1.29 is 56.2 Å². The van der Waals surface area contributed by atoms with Crippen molar-refractivity contribution in [2.75, 3.05) is 26.4 Å². The number of aliphatic hydroxyl groups is 3. The zero-order valence-corrected chi connectivity index (χ0v) is 48.2. The van der Waals surface area contributed by atoms with E-state index in [2.05, 4.69) is 54.5 Å². The predicted molar refractivity (Wildman–Crippen MR) is 304 cm³/mol. The van der Waals surface area contributed by atoms with Crippen LogP contribution in [0.3, 0.4) is 0 Å². The van der Waals surface area contributed by atoms with E-state index >= 15 is 0 Å². The molecule has 1 rings (SSSR count). The molecule has 0 radical (unpaired) electrons. The Morgan fingerprint density at radius 1 is 0.514 bits per heavy atom. The molecule has 0 saturated carbocycles. The largest absolute Gasteiger partial charge is 0.457 e. The summed E-state index contributed by atoms with van der Waals surface area (Å²) >= 11 is 0. The van der Waals surface area contributed by atoms with Gasteiger partial charge >= 0.3 is 16.4 Å². The lowest BCUT2D eigenvalue weighted by molar-refractivity contribution is -0.301. The van der Waals surface area contributed by atoms with Gasteiger partial charge in [-0.2, -0.15) is 8.42 Å². The van der Waals surface area contributed by atoms with Crippen molar-refractivity contribution in [3.63, 3.8) is 0 Å². The first-order valence-corrected chi connectivity index (χ1v) is 32.1. The molecule has 1 fully saturated rings. The monoisotopic (exact) mass is 1070 g/mol. The quantitative estimate of drug-likeness (QED) is 0.0196. The summed E-state index contributed by atoms with van der Waals surface area (Å²) in [6.45, 7) is 4.03. The summed E-state index contributed by atoms with van der Waals surface area (Å²) in [6.07, 6.45) is 56.1. The van der Waals surface area contributed by atoms with Crippen LogP contribution in [0.1, 0.15) is 284 Å². The molecule has 1 aliphatic rings. The second-order valence-electron chi connectivity index (χ2n) is 21.3. The second-order valence-corrected chi connectivity index (χ2v) is 22.3. The minimum absolute atomic E-state index is 0.0364. The molecule has 12 nitrogen and oxygen atoms in total. The van der Waals surface area contributed by atoms with Crippen molar-refractivity contribution in [3.05, 3.63) is 36.5 Å². The van der Waals surface area contributed by atoms with Gasteiger partial charge in [0.1, 0.15) is 30.5 Å². The number of hydrogen-bond donors (Lipinski definition) is 4. The van der Waals surface area contributed by atoms with Gasteiger partial charge in [-0.25, -0.2) is 4.18 Å². The van der Waals surface area contributed by atoms with Gasteiger partial charge in [0.25, 0.3) is 0 Å². The lowest BCUT2D eigenvalue weighted by Crippen LogP contribution is -2.60. The zero-order chi connectivity index (χ0) is 53.8. The number of carbonyl (C=O) groups excluding carboxylic acids is 1. The van der Waals surface area contributed by atoms with Crippen molar-refractivity contribution in [2.24, 2.45) is 0 Å². The number of hydrogen-bond acceptors (Lipinski definition) is 11. The number of unbranched alkanes of at least 4 members (excludes halogenated alkanes) is 36. The topological polar surface area (TPSA) is 178 Å². The third-order valence-corrected chi connectivity index (χ3v) is 14.7. The van der Waals surface area contributed by atoms with Gasteiger partial charge in [0.15, 0.2) is 6.29 Å². The fourth-order valence-electron chi connectivity index (χ4n) is 9.58. The fourth-order valence-corrected chi connectivity index (χ4v) is 10.1. The third-order valence-electron chi connectivity index (χ3n) is 14.2. The van der Waals surface area contributed by atoms with Gasteiger partial charge in [-0.1, -0.05) is 243 Å². The molecule has 0 aromatic carbocycles. The van der Waals surface area contributed by atoms with Gasteiger partial charge < -0.3 is 34.3 Å². The van der Waals surface area contributed by atoms with E-state index in [0.29, 0.717) is 13.0 Å². The van der Waals surface area contributed by atoms with Crippen molar-refractivity contribution in [1.29, 1.82) is 0 Å². The normalized spacial score (nSPS) is 18.9. The van der Waals surface area contributed by atoms with Gasteiger partial charge in [-0.15, -0.1) is 0 Å². The van der Waals surface area contributed by atoms with E-state index in [1.54, 1.807) is 0 Å². The van der Waals surface area contributed by atoms with Crippen LogP contribution in [0.5, 0.6) is 0 Å². The Kier molecular flexibility index (Phi) is 49.5. The second kappa shape index (κ2) is 52.0. The van der Waals surface area contributed by atoms with Gasteiger partial charge in [-0.05, 0) is 70.6 Å². The van der Waals surface area contributed by atoms with Crippen LogP contribution < -0.4 is 0 Å². The molecular formula is C61H114O12S. The standard InChI is InChI=1S/C61H114O12S/c1-3-5-7-9-11-13-15-17-19-21-23-25-27-28-29-30-32-34-36-38-40-42-44-46-48-50-57(63)71-55(54-70-61-59(65)60(73-74(66,67)68)58(64)56(52-62)72-61)53-69-51-49-47-45-43-41-39-37-35-33-31-26-24-22-20-18-16-14-12-10-8-6-4-2/h16,18,21-24,55-56,58-62,64-65H,3-15,17,19-20,25-54H2,1-2H3,(H,66,67,68)/b18-16-,23-21-,24-22-. The molecule has 0 amide bonds. The van der Waals surface area contributed by atoms with Crippen LogP contribution >= 0.6 is 0 Å². The number of allylic oxidation sites excluding steroid dienone is 6. The van der Waals surface area contributed by atoms with Crippen molar-refractivity contribution >= 4 is 16.4 Å². The molecule has 6 atom stereocenters. The van der Waals surface area contributed by atoms with Crippen LogP contribution in [-0.4, -0.2) is 97.5 Å². The summed E-state index contributed by atoms with van der Waals surface area (Å²) in [5.74, 6) is -0.395. The molecule has 1 saturated heterocycles. The fraction of sp³-hybridized carbons (Fsp3) is 0.885. The summed E-state index contributed by atoms with van der Waals surface area (Å²) < 4.78 is 59.5. The van der Waals surface area contributed by atoms with E-state index in [-0.39, 0.29) is 19.6 Å². The highest BCUT2D eigenvalue weighted by Gasteiger charge is 2.48. The summed E-state index contributed by atoms with van der Waals surface area (Å²) in [6, 6.07) is 0. The van der Waals surface area contributed by atoms with E-state index in [0.717, 1.165) is 44.9 Å². The Labute approximate surface area is 454 Å². The number of rotatable bonds is 55. The molecule has 0 aliphatic carbocycles. The molecule has 4 N–H and O–H groups in total. The van der Waals surface area contributed by atoms with Gasteiger partial charge in [0.05, 0.1) is 19.8 Å². The van der Waals surface area contributed by atoms with E-state index in [1.807, 2.05) is 0 Å². The van der Waals surface area contributed by atoms with Crippen LogP contribution in [0.4, 0.5) is 0 Å². The molecule has 6 unspecified atom stereocenters. The molecule has 0 aromatic rings. The molecule has 0 spiro atoms. The van der Waals surface area contributed by atoms with Crippen LogP contribution in [0.25, 0.3) is 0 Å². The Hall–Kier alpha value is -1.68. The minimum Gasteiger partial charge on any atom is -0.457 e. The Balaban J connectivity index is 2.26. The van der Waals surface area contributed by atoms with E-state index < -0.39 is 59.8 Å². The Morgan fingerprint density at radius 2 is 0.892 bits per heavy atom. The predicted octanol–water partition coefficient (Wildman–Crippen LogP) is 15.7. The van der Waals surface area contributed by atoms with Crippen LogP contribution in [-0.2, 0) is 38.3 Å². The third kappa shape index (κ3) is 44.3. The highest BCUT2D eigenvalue weighted by molar-refractivity contribution is 7.80. The molecule has 74 heavy (non-hydrogen) atoms. The molecule has 0 bridgehead atoms. The van der Waals surface area contributed by atoms with Crippen molar-refractivity contribution in [3.8, 4) is 0 Å². The first kappa shape index (κ1) is 70.3. The maximum absolute atomic E-state index is 13.0. The molecule has 1 aliphatic heterocycles. The van der Waals surface area contributed by atoms with E-state index in [9.17, 15) is 33.1 Å². The molecule has 13 heteroatoms. The Morgan fingerprint density at radius 3 is 1.30 bits per heavy atom. The maximum atomic E-state index is 13.0. The van der Waals surface area contributed by atoms with E-state index in [1.165, 1.54) is 212 Å². The van der Waals surface area contributed by atoms with E-state index in [4.69, 9.17) is 18.9 Å². The molecule has 1 heterocycles. The highest BCUT2D eigenvalue weighted by atomic mass is 32.3. The number of aliphatic hydroxyl groups excluding tert-OH is 3.